The molecule has 0 spiro atoms. The van der Waals surface area contributed by atoms with Crippen molar-refractivity contribution in [3.63, 3.8) is 0 Å². The first-order valence-corrected chi connectivity index (χ1v) is 12.8. The highest BCUT2D eigenvalue weighted by molar-refractivity contribution is 8.26. The van der Waals surface area contributed by atoms with Crippen LogP contribution in [0.15, 0.2) is 58.8 Å². The third-order valence-electron chi connectivity index (χ3n) is 5.39. The van der Waals surface area contributed by atoms with Crippen LogP contribution >= 0.6 is 35.3 Å². The van der Waals surface area contributed by atoms with Crippen molar-refractivity contribution in [3.05, 3.63) is 80.9 Å². The Balaban J connectivity index is 1.52. The van der Waals surface area contributed by atoms with Gasteiger partial charge in [0, 0.05) is 23.6 Å². The normalized spacial score (nSPS) is 15.3. The second-order valence-electron chi connectivity index (χ2n) is 7.82. The number of carboxylic acids is 1. The van der Waals surface area contributed by atoms with E-state index in [0.29, 0.717) is 21.7 Å². The van der Waals surface area contributed by atoms with E-state index in [-0.39, 0.29) is 27.8 Å². The van der Waals surface area contributed by atoms with Crippen LogP contribution in [0.3, 0.4) is 0 Å². The number of benzene rings is 2. The van der Waals surface area contributed by atoms with E-state index in [1.807, 2.05) is 0 Å². The molecule has 3 N–H and O–H groups in total. The van der Waals surface area contributed by atoms with E-state index in [4.69, 9.17) is 17.3 Å². The molecule has 1 aliphatic heterocycles. The van der Waals surface area contributed by atoms with Gasteiger partial charge in [0.2, 0.25) is 5.91 Å². The van der Waals surface area contributed by atoms with Crippen molar-refractivity contribution in [1.82, 2.24) is 4.90 Å². The van der Waals surface area contributed by atoms with Crippen molar-refractivity contribution in [1.29, 1.82) is 0 Å². The van der Waals surface area contributed by atoms with Gasteiger partial charge in [0.15, 0.2) is 11.6 Å². The first-order valence-electron chi connectivity index (χ1n) is 10.7. The van der Waals surface area contributed by atoms with Crippen LogP contribution in [0, 0.1) is 11.6 Å². The summed E-state index contributed by atoms with van der Waals surface area (Å²) < 4.78 is 27.0. The number of thioether (sulfide) groups is 1. The number of carboxylic acid groups (broad SMARTS) is 1. The van der Waals surface area contributed by atoms with Crippen LogP contribution in [-0.2, 0) is 9.59 Å². The standard InChI is InChI=1S/C25H18F2N2O5S3/c26-18-6-3-14(10-19(18)27)15-9-17(36-12-15)11-21-23(32)29(25(35)37-21)20(7-8-30)22(31)28-16-4-1-13(2-5-16)24(33)34/h1-6,9-12,20,30H,7-8H2,(H,28,31)(H,33,34)/t20-/m0/s1. The van der Waals surface area contributed by atoms with E-state index < -0.39 is 35.5 Å². The Morgan fingerprint density at radius 2 is 1.81 bits per heavy atom. The summed E-state index contributed by atoms with van der Waals surface area (Å²) in [6.07, 6.45) is 1.53. The Morgan fingerprint density at radius 1 is 1.08 bits per heavy atom. The van der Waals surface area contributed by atoms with Crippen molar-refractivity contribution < 1.29 is 33.4 Å². The lowest BCUT2D eigenvalue weighted by atomic mass is 10.1. The van der Waals surface area contributed by atoms with Crippen molar-refractivity contribution in [2.45, 2.75) is 12.5 Å². The molecule has 0 aliphatic carbocycles. The molecular weight excluding hydrogens is 542 g/mol. The van der Waals surface area contributed by atoms with Gasteiger partial charge in [-0.15, -0.1) is 11.3 Å². The number of nitrogens with one attached hydrogen (secondary N) is 1. The Bertz CT molecular complexity index is 1420. The lowest BCUT2D eigenvalue weighted by molar-refractivity contribution is -0.130. The van der Waals surface area contributed by atoms with Crippen LogP contribution in [-0.4, -0.2) is 49.9 Å². The largest absolute Gasteiger partial charge is 0.478 e. The number of thiophene rings is 1. The Hall–Kier alpha value is -3.45. The number of aliphatic hydroxyl groups excluding tert-OH is 1. The van der Waals surface area contributed by atoms with Gasteiger partial charge < -0.3 is 15.5 Å². The summed E-state index contributed by atoms with van der Waals surface area (Å²) in [5.74, 6) is -4.11. The van der Waals surface area contributed by atoms with Gasteiger partial charge in [0.05, 0.1) is 10.5 Å². The van der Waals surface area contributed by atoms with Crippen molar-refractivity contribution in [2.75, 3.05) is 11.9 Å². The summed E-state index contributed by atoms with van der Waals surface area (Å²) in [6, 6.07) is 9.72. The van der Waals surface area contributed by atoms with Crippen molar-refractivity contribution >= 4 is 69.2 Å². The Kier molecular flexibility index (Phi) is 8.13. The molecule has 190 valence electrons. The molecule has 2 heterocycles. The van der Waals surface area contributed by atoms with E-state index in [9.17, 15) is 28.3 Å². The highest BCUT2D eigenvalue weighted by Gasteiger charge is 2.40. The van der Waals surface area contributed by atoms with Gasteiger partial charge in [-0.3, -0.25) is 14.5 Å². The van der Waals surface area contributed by atoms with E-state index in [2.05, 4.69) is 5.32 Å². The van der Waals surface area contributed by atoms with Crippen molar-refractivity contribution in [2.24, 2.45) is 0 Å². The summed E-state index contributed by atoms with van der Waals surface area (Å²) >= 11 is 7.67. The number of halogens is 2. The van der Waals surface area contributed by atoms with E-state index in [1.54, 1.807) is 17.5 Å². The molecule has 1 atom stereocenters. The molecule has 1 aromatic heterocycles. The third-order valence-corrected chi connectivity index (χ3v) is 7.60. The van der Waals surface area contributed by atoms with Crippen LogP contribution in [0.1, 0.15) is 21.7 Å². The molecule has 1 saturated heterocycles. The zero-order valence-corrected chi connectivity index (χ0v) is 21.3. The quantitative estimate of drug-likeness (QED) is 0.264. The summed E-state index contributed by atoms with van der Waals surface area (Å²) in [4.78, 5) is 39.3. The van der Waals surface area contributed by atoms with Crippen molar-refractivity contribution in [3.8, 4) is 11.1 Å². The van der Waals surface area contributed by atoms with Crippen LogP contribution in [0.25, 0.3) is 17.2 Å². The number of aromatic carboxylic acids is 1. The maximum atomic E-state index is 13.6. The predicted octanol–water partition coefficient (Wildman–Crippen LogP) is 4.98. The number of hydrogen-bond acceptors (Lipinski definition) is 7. The number of amides is 2. The molecule has 0 saturated carbocycles. The van der Waals surface area contributed by atoms with Gasteiger partial charge >= 0.3 is 5.97 Å². The van der Waals surface area contributed by atoms with E-state index in [1.165, 1.54) is 41.7 Å². The third kappa shape index (κ3) is 5.93. The second kappa shape index (κ2) is 11.3. The molecule has 4 rings (SSSR count). The molecule has 37 heavy (non-hydrogen) atoms. The number of thiocarbonyl (C=S) groups is 1. The van der Waals surface area contributed by atoms with Crippen LogP contribution < -0.4 is 5.32 Å². The van der Waals surface area contributed by atoms with Gasteiger partial charge in [-0.1, -0.05) is 30.0 Å². The maximum Gasteiger partial charge on any atom is 0.335 e. The average molecular weight is 561 g/mol. The minimum absolute atomic E-state index is 0.0493. The van der Waals surface area contributed by atoms with Gasteiger partial charge in [0.1, 0.15) is 10.4 Å². The summed E-state index contributed by atoms with van der Waals surface area (Å²) in [6.45, 7) is -0.380. The fourth-order valence-electron chi connectivity index (χ4n) is 3.55. The molecule has 0 radical (unpaired) electrons. The fourth-order valence-corrected chi connectivity index (χ4v) is 5.83. The number of carbonyl (C=O) groups excluding carboxylic acids is 2. The summed E-state index contributed by atoms with van der Waals surface area (Å²) in [5.41, 5.74) is 1.51. The van der Waals surface area contributed by atoms with Crippen LogP contribution in [0.4, 0.5) is 14.5 Å². The number of aliphatic hydroxyl groups is 1. The average Bonchev–Trinajstić information content (AvgIpc) is 3.44. The van der Waals surface area contributed by atoms with Gasteiger partial charge in [0.25, 0.3) is 5.91 Å². The lowest BCUT2D eigenvalue weighted by Gasteiger charge is -2.25. The first-order chi connectivity index (χ1) is 17.7. The van der Waals surface area contributed by atoms with E-state index >= 15 is 0 Å². The molecule has 2 aromatic carbocycles. The maximum absolute atomic E-state index is 13.6. The topological polar surface area (TPSA) is 107 Å². The number of anilines is 1. The monoisotopic (exact) mass is 560 g/mol. The van der Waals surface area contributed by atoms with Gasteiger partial charge in [-0.2, -0.15) is 0 Å². The fraction of sp³-hybridized carbons (Fsp3) is 0.120. The molecule has 0 unspecified atom stereocenters. The molecule has 0 bridgehead atoms. The molecule has 2 amide bonds. The minimum atomic E-state index is -1.11. The minimum Gasteiger partial charge on any atom is -0.478 e. The molecule has 1 aliphatic rings. The van der Waals surface area contributed by atoms with E-state index in [0.717, 1.165) is 28.8 Å². The summed E-state index contributed by atoms with van der Waals surface area (Å²) in [7, 11) is 0. The smallest absolute Gasteiger partial charge is 0.335 e. The molecule has 12 heteroatoms. The number of hydrogen-bond donors (Lipinski definition) is 3. The van der Waals surface area contributed by atoms with Crippen LogP contribution in [0.2, 0.25) is 0 Å². The highest BCUT2D eigenvalue weighted by atomic mass is 32.2. The first kappa shape index (κ1) is 26.6. The SMILES string of the molecule is O=C(O)c1ccc(NC(=O)[C@H](CCO)N2C(=O)C(=Cc3cc(-c4ccc(F)c(F)c4)cs3)SC2=S)cc1. The second-order valence-corrected chi connectivity index (χ2v) is 10.4. The Morgan fingerprint density at radius 3 is 2.46 bits per heavy atom. The number of rotatable bonds is 8. The molecule has 7 nitrogen and oxygen atoms in total. The van der Waals surface area contributed by atoms with Gasteiger partial charge in [-0.25, -0.2) is 13.6 Å². The zero-order valence-electron chi connectivity index (χ0n) is 18.8. The summed E-state index contributed by atoms with van der Waals surface area (Å²) in [5, 5.41) is 22.9. The number of carbonyl (C=O) groups is 3. The molecular formula is C25H18F2N2O5S3. The molecule has 1 fully saturated rings. The predicted molar refractivity (Wildman–Crippen MR) is 142 cm³/mol. The highest BCUT2D eigenvalue weighted by Crippen LogP contribution is 2.37. The lowest BCUT2D eigenvalue weighted by Crippen LogP contribution is -2.46. The zero-order chi connectivity index (χ0) is 26.7. The number of nitrogens with zero attached hydrogens (tertiary/aromatic N) is 1. The van der Waals surface area contributed by atoms with Crippen LogP contribution in [0.5, 0.6) is 0 Å². The molecule has 3 aromatic rings. The Labute approximate surface area is 223 Å². The van der Waals surface area contributed by atoms with Gasteiger partial charge in [-0.05, 0) is 65.0 Å².